The second kappa shape index (κ2) is 4.43. The molecule has 1 heterocycles. The third kappa shape index (κ3) is 2.27. The highest BCUT2D eigenvalue weighted by molar-refractivity contribution is 5.78. The number of carbonyl (C=O) groups excluding carboxylic acids is 1. The molecule has 3 N–H and O–H groups in total. The molecule has 2 rings (SSSR count). The van der Waals surface area contributed by atoms with E-state index in [0.29, 0.717) is 13.0 Å². The van der Waals surface area contributed by atoms with E-state index in [1.807, 2.05) is 19.1 Å². The highest BCUT2D eigenvalue weighted by Gasteiger charge is 2.15. The van der Waals surface area contributed by atoms with Crippen LogP contribution in [0.25, 0.3) is 0 Å². The molecule has 0 atom stereocenters. The first-order valence-corrected chi connectivity index (χ1v) is 5.54. The number of anilines is 2. The summed E-state index contributed by atoms with van der Waals surface area (Å²) in [5.74, 6) is 0.119. The second-order valence-corrected chi connectivity index (χ2v) is 4.15. The van der Waals surface area contributed by atoms with E-state index in [1.165, 1.54) is 5.56 Å². The number of nitrogens with zero attached hydrogens (tertiary/aromatic N) is 1. The quantitative estimate of drug-likeness (QED) is 0.690. The first kappa shape index (κ1) is 10.8. The molecule has 1 aromatic carbocycles. The van der Waals surface area contributed by atoms with Crippen LogP contribution in [-0.4, -0.2) is 25.5 Å². The Morgan fingerprint density at radius 2 is 2.19 bits per heavy atom. The van der Waals surface area contributed by atoms with Crippen LogP contribution < -0.4 is 16.0 Å². The highest BCUT2D eigenvalue weighted by Crippen LogP contribution is 2.24. The smallest absolute Gasteiger partial charge is 0.221 e. The number of carbonyl (C=O) groups is 1. The van der Waals surface area contributed by atoms with E-state index < -0.39 is 0 Å². The van der Waals surface area contributed by atoms with E-state index in [4.69, 9.17) is 5.73 Å². The minimum atomic E-state index is 0.119. The lowest BCUT2D eigenvalue weighted by atomic mass is 10.1. The number of nitrogens with one attached hydrogen (secondary N) is 1. The Kier molecular flexibility index (Phi) is 2.99. The molecule has 1 fully saturated rings. The number of hydrogen-bond donors (Lipinski definition) is 2. The topological polar surface area (TPSA) is 58.4 Å². The van der Waals surface area contributed by atoms with Gasteiger partial charge in [-0.05, 0) is 24.6 Å². The maximum atomic E-state index is 11.2. The number of nitrogen functional groups attached to an aromatic ring is 1. The number of hydrogen-bond acceptors (Lipinski definition) is 3. The SMILES string of the molecule is Cc1ccc(N)c(N2CCNC(=O)CC2)c1. The van der Waals surface area contributed by atoms with Crippen LogP contribution in [0.3, 0.4) is 0 Å². The Morgan fingerprint density at radius 3 is 3.00 bits per heavy atom. The molecule has 0 radical (unpaired) electrons. The van der Waals surface area contributed by atoms with Crippen molar-refractivity contribution in [3.8, 4) is 0 Å². The van der Waals surface area contributed by atoms with Crippen molar-refractivity contribution in [2.24, 2.45) is 0 Å². The van der Waals surface area contributed by atoms with Crippen LogP contribution >= 0.6 is 0 Å². The van der Waals surface area contributed by atoms with Gasteiger partial charge in [0.05, 0.1) is 11.4 Å². The van der Waals surface area contributed by atoms with Gasteiger partial charge in [-0.3, -0.25) is 4.79 Å². The molecule has 86 valence electrons. The number of aryl methyl sites for hydroxylation is 1. The molecule has 1 saturated heterocycles. The molecule has 4 heteroatoms. The average molecular weight is 219 g/mol. The summed E-state index contributed by atoms with van der Waals surface area (Å²) in [6.07, 6.45) is 0.535. The fourth-order valence-electron chi connectivity index (χ4n) is 1.94. The number of amides is 1. The fraction of sp³-hybridized carbons (Fsp3) is 0.417. The van der Waals surface area contributed by atoms with Crippen LogP contribution in [0, 0.1) is 6.92 Å². The summed E-state index contributed by atoms with van der Waals surface area (Å²) in [5, 5.41) is 2.86. The fourth-order valence-corrected chi connectivity index (χ4v) is 1.94. The maximum absolute atomic E-state index is 11.2. The summed E-state index contributed by atoms with van der Waals surface area (Å²) in [6, 6.07) is 6.00. The molecule has 0 aromatic heterocycles. The largest absolute Gasteiger partial charge is 0.397 e. The molecule has 16 heavy (non-hydrogen) atoms. The van der Waals surface area contributed by atoms with E-state index >= 15 is 0 Å². The number of rotatable bonds is 1. The zero-order chi connectivity index (χ0) is 11.5. The van der Waals surface area contributed by atoms with Gasteiger partial charge in [0.15, 0.2) is 0 Å². The van der Waals surface area contributed by atoms with Crippen LogP contribution in [0.2, 0.25) is 0 Å². The van der Waals surface area contributed by atoms with E-state index in [0.717, 1.165) is 24.5 Å². The van der Waals surface area contributed by atoms with Crippen molar-refractivity contribution in [3.05, 3.63) is 23.8 Å². The summed E-state index contributed by atoms with van der Waals surface area (Å²) in [6.45, 7) is 4.29. The van der Waals surface area contributed by atoms with Crippen LogP contribution in [0.1, 0.15) is 12.0 Å². The molecule has 1 amide bonds. The van der Waals surface area contributed by atoms with Gasteiger partial charge in [0.1, 0.15) is 0 Å². The third-order valence-electron chi connectivity index (χ3n) is 2.84. The van der Waals surface area contributed by atoms with Gasteiger partial charge in [0, 0.05) is 26.1 Å². The van der Waals surface area contributed by atoms with Crippen LogP contribution in [0.15, 0.2) is 18.2 Å². The Hall–Kier alpha value is -1.71. The second-order valence-electron chi connectivity index (χ2n) is 4.15. The predicted octanol–water partition coefficient (Wildman–Crippen LogP) is 0.904. The molecule has 1 aliphatic heterocycles. The van der Waals surface area contributed by atoms with Gasteiger partial charge >= 0.3 is 0 Å². The average Bonchev–Trinajstić information content (AvgIpc) is 2.47. The third-order valence-corrected chi connectivity index (χ3v) is 2.84. The van der Waals surface area contributed by atoms with Crippen molar-refractivity contribution in [3.63, 3.8) is 0 Å². The zero-order valence-electron chi connectivity index (χ0n) is 9.49. The van der Waals surface area contributed by atoms with Crippen molar-refractivity contribution in [1.82, 2.24) is 5.32 Å². The van der Waals surface area contributed by atoms with Gasteiger partial charge in [0.2, 0.25) is 5.91 Å². The van der Waals surface area contributed by atoms with Crippen molar-refractivity contribution in [1.29, 1.82) is 0 Å². The Bertz CT molecular complexity index is 403. The molecule has 0 bridgehead atoms. The molecule has 1 aromatic rings. The minimum Gasteiger partial charge on any atom is -0.397 e. The molecule has 0 spiro atoms. The molecule has 0 saturated carbocycles. The Labute approximate surface area is 95.4 Å². The van der Waals surface area contributed by atoms with E-state index in [-0.39, 0.29) is 5.91 Å². The maximum Gasteiger partial charge on any atom is 0.221 e. The summed E-state index contributed by atoms with van der Waals surface area (Å²) in [5.41, 5.74) is 8.96. The summed E-state index contributed by atoms with van der Waals surface area (Å²) in [4.78, 5) is 13.4. The number of benzene rings is 1. The lowest BCUT2D eigenvalue weighted by Crippen LogP contribution is -2.28. The Morgan fingerprint density at radius 1 is 1.38 bits per heavy atom. The summed E-state index contributed by atoms with van der Waals surface area (Å²) < 4.78 is 0. The standard InChI is InChI=1S/C12H17N3O/c1-9-2-3-10(13)11(8-9)15-6-4-12(16)14-5-7-15/h2-3,8H,4-7,13H2,1H3,(H,14,16). The van der Waals surface area contributed by atoms with Crippen LogP contribution in [0.4, 0.5) is 11.4 Å². The van der Waals surface area contributed by atoms with Gasteiger partial charge in [0.25, 0.3) is 0 Å². The molecule has 0 aliphatic carbocycles. The summed E-state index contributed by atoms with van der Waals surface area (Å²) in [7, 11) is 0. The van der Waals surface area contributed by atoms with Crippen molar-refractivity contribution < 1.29 is 4.79 Å². The molecule has 4 nitrogen and oxygen atoms in total. The zero-order valence-corrected chi connectivity index (χ0v) is 9.49. The summed E-state index contributed by atoms with van der Waals surface area (Å²) >= 11 is 0. The molecular formula is C12H17N3O. The molecule has 0 unspecified atom stereocenters. The van der Waals surface area contributed by atoms with Gasteiger partial charge < -0.3 is 16.0 Å². The molecule has 1 aliphatic rings. The first-order valence-electron chi connectivity index (χ1n) is 5.54. The van der Waals surface area contributed by atoms with E-state index in [9.17, 15) is 4.79 Å². The van der Waals surface area contributed by atoms with Gasteiger partial charge in [-0.25, -0.2) is 0 Å². The molecular weight excluding hydrogens is 202 g/mol. The lowest BCUT2D eigenvalue weighted by Gasteiger charge is -2.23. The van der Waals surface area contributed by atoms with Crippen molar-refractivity contribution >= 4 is 17.3 Å². The van der Waals surface area contributed by atoms with Crippen LogP contribution in [-0.2, 0) is 4.79 Å². The van der Waals surface area contributed by atoms with Crippen molar-refractivity contribution in [2.75, 3.05) is 30.3 Å². The monoisotopic (exact) mass is 219 g/mol. The first-order chi connectivity index (χ1) is 7.66. The minimum absolute atomic E-state index is 0.119. The van der Waals surface area contributed by atoms with Crippen molar-refractivity contribution in [2.45, 2.75) is 13.3 Å². The predicted molar refractivity (Wildman–Crippen MR) is 65.4 cm³/mol. The van der Waals surface area contributed by atoms with E-state index in [2.05, 4.69) is 16.3 Å². The normalized spacial score (nSPS) is 16.8. The van der Waals surface area contributed by atoms with Gasteiger partial charge in [-0.1, -0.05) is 6.07 Å². The van der Waals surface area contributed by atoms with Crippen LogP contribution in [0.5, 0.6) is 0 Å². The lowest BCUT2D eigenvalue weighted by molar-refractivity contribution is -0.120. The van der Waals surface area contributed by atoms with E-state index in [1.54, 1.807) is 0 Å². The highest BCUT2D eigenvalue weighted by atomic mass is 16.1. The Balaban J connectivity index is 2.22. The number of nitrogens with two attached hydrogens (primary N) is 1. The van der Waals surface area contributed by atoms with Gasteiger partial charge in [-0.15, -0.1) is 0 Å². The van der Waals surface area contributed by atoms with Gasteiger partial charge in [-0.2, -0.15) is 0 Å².